The van der Waals surface area contributed by atoms with E-state index in [1.165, 1.54) is 20.8 Å². The van der Waals surface area contributed by atoms with Crippen LogP contribution in [0, 0.1) is 0 Å². The lowest BCUT2D eigenvalue weighted by Gasteiger charge is -2.43. The van der Waals surface area contributed by atoms with Crippen molar-refractivity contribution in [2.24, 2.45) is 5.73 Å². The number of hydrogen-bond donors (Lipinski definition) is 1. The van der Waals surface area contributed by atoms with Crippen LogP contribution >= 0.6 is 0 Å². The molecule has 1 fully saturated rings. The van der Waals surface area contributed by atoms with Gasteiger partial charge in [-0.15, -0.1) is 0 Å². The Bertz CT molecular complexity index is 411. The first-order chi connectivity index (χ1) is 9.76. The van der Waals surface area contributed by atoms with E-state index in [0.29, 0.717) is 6.42 Å². The zero-order valence-corrected chi connectivity index (χ0v) is 12.5. The number of carbonyl (C=O) groups excluding carboxylic acids is 3. The largest absolute Gasteiger partial charge is 0.456 e. The lowest BCUT2D eigenvalue weighted by molar-refractivity contribution is -0.246. The number of nitrogens with two attached hydrogens (primary N) is 1. The summed E-state index contributed by atoms with van der Waals surface area (Å²) in [6.45, 7) is 5.44. The Balaban J connectivity index is 3.08. The third-order valence-electron chi connectivity index (χ3n) is 2.98. The van der Waals surface area contributed by atoms with E-state index in [0.717, 1.165) is 0 Å². The quantitative estimate of drug-likeness (QED) is 0.564. The molecule has 1 rings (SSSR count). The van der Waals surface area contributed by atoms with Crippen molar-refractivity contribution >= 4 is 17.9 Å². The summed E-state index contributed by atoms with van der Waals surface area (Å²) in [6.07, 6.45) is -3.99. The molecular formula is C13H21NO7. The standard InChI is InChI=1S/C13H21NO7/c1-5-9-10(18-6(2)15)11(19-7(3)16)12(13(14)21-9)20-8(4)17/h9-13H,5,14H2,1-4H3/t9?,10-,11?,12-,13+/m1/s1. The van der Waals surface area contributed by atoms with E-state index in [1.807, 2.05) is 6.92 Å². The maximum Gasteiger partial charge on any atom is 0.303 e. The fourth-order valence-corrected chi connectivity index (χ4v) is 2.26. The Kier molecular flexibility index (Phi) is 6.10. The van der Waals surface area contributed by atoms with Gasteiger partial charge in [-0.1, -0.05) is 6.92 Å². The van der Waals surface area contributed by atoms with Crippen LogP contribution in [-0.2, 0) is 33.3 Å². The fourth-order valence-electron chi connectivity index (χ4n) is 2.26. The third kappa shape index (κ3) is 4.68. The molecule has 0 aromatic carbocycles. The number of ether oxygens (including phenoxy) is 4. The van der Waals surface area contributed by atoms with E-state index in [9.17, 15) is 14.4 Å². The highest BCUT2D eigenvalue weighted by Crippen LogP contribution is 2.28. The summed E-state index contributed by atoms with van der Waals surface area (Å²) in [7, 11) is 0. The maximum atomic E-state index is 11.3. The Morgan fingerprint density at radius 3 is 1.76 bits per heavy atom. The molecule has 2 unspecified atom stereocenters. The monoisotopic (exact) mass is 303 g/mol. The van der Waals surface area contributed by atoms with E-state index >= 15 is 0 Å². The van der Waals surface area contributed by atoms with Gasteiger partial charge in [-0.25, -0.2) is 0 Å². The van der Waals surface area contributed by atoms with Gasteiger partial charge in [0.25, 0.3) is 0 Å². The predicted molar refractivity (Wildman–Crippen MR) is 69.8 cm³/mol. The molecule has 1 saturated heterocycles. The first-order valence-electron chi connectivity index (χ1n) is 6.69. The van der Waals surface area contributed by atoms with Gasteiger partial charge in [-0.05, 0) is 6.42 Å². The summed E-state index contributed by atoms with van der Waals surface area (Å²) in [5.41, 5.74) is 5.82. The summed E-state index contributed by atoms with van der Waals surface area (Å²) in [5, 5.41) is 0. The fraction of sp³-hybridized carbons (Fsp3) is 0.769. The van der Waals surface area contributed by atoms with Crippen LogP contribution in [0.5, 0.6) is 0 Å². The summed E-state index contributed by atoms with van der Waals surface area (Å²) >= 11 is 0. The van der Waals surface area contributed by atoms with Crippen LogP contribution in [0.4, 0.5) is 0 Å². The van der Waals surface area contributed by atoms with Crippen molar-refractivity contribution in [2.75, 3.05) is 0 Å². The molecule has 8 heteroatoms. The minimum absolute atomic E-state index is 0.482. The highest BCUT2D eigenvalue weighted by molar-refractivity contribution is 5.68. The molecule has 0 amide bonds. The number of hydrogen-bond acceptors (Lipinski definition) is 8. The first-order valence-corrected chi connectivity index (χ1v) is 6.69. The molecule has 1 aliphatic rings. The van der Waals surface area contributed by atoms with Gasteiger partial charge < -0.3 is 24.7 Å². The Hall–Kier alpha value is -1.67. The predicted octanol–water partition coefficient (Wildman–Crippen LogP) is -0.125. The van der Waals surface area contributed by atoms with Crippen molar-refractivity contribution < 1.29 is 33.3 Å². The highest BCUT2D eigenvalue weighted by atomic mass is 16.6. The van der Waals surface area contributed by atoms with Gasteiger partial charge in [0, 0.05) is 20.8 Å². The van der Waals surface area contributed by atoms with Crippen molar-refractivity contribution in [1.82, 2.24) is 0 Å². The van der Waals surface area contributed by atoms with Crippen molar-refractivity contribution in [3.63, 3.8) is 0 Å². The van der Waals surface area contributed by atoms with Crippen LogP contribution in [-0.4, -0.2) is 48.6 Å². The van der Waals surface area contributed by atoms with Gasteiger partial charge in [-0.2, -0.15) is 0 Å². The topological polar surface area (TPSA) is 114 Å². The minimum Gasteiger partial charge on any atom is -0.456 e. The molecule has 0 bridgehead atoms. The van der Waals surface area contributed by atoms with Crippen LogP contribution in [0.15, 0.2) is 0 Å². The molecule has 1 aliphatic heterocycles. The molecular weight excluding hydrogens is 282 g/mol. The second-order valence-corrected chi connectivity index (χ2v) is 4.77. The number of carbonyl (C=O) groups is 3. The average molecular weight is 303 g/mol. The zero-order chi connectivity index (χ0) is 16.2. The van der Waals surface area contributed by atoms with E-state index in [-0.39, 0.29) is 0 Å². The lowest BCUT2D eigenvalue weighted by atomic mass is 9.96. The first kappa shape index (κ1) is 17.4. The molecule has 5 atom stereocenters. The number of esters is 3. The molecule has 0 spiro atoms. The highest BCUT2D eigenvalue weighted by Gasteiger charge is 2.49. The Labute approximate surface area is 122 Å². The third-order valence-corrected chi connectivity index (χ3v) is 2.98. The molecule has 0 aromatic rings. The minimum atomic E-state index is -1.04. The van der Waals surface area contributed by atoms with Crippen molar-refractivity contribution in [3.05, 3.63) is 0 Å². The van der Waals surface area contributed by atoms with Crippen molar-refractivity contribution in [1.29, 1.82) is 0 Å². The molecule has 0 saturated carbocycles. The zero-order valence-electron chi connectivity index (χ0n) is 12.5. The van der Waals surface area contributed by atoms with Crippen LogP contribution < -0.4 is 5.73 Å². The molecule has 1 heterocycles. The van der Waals surface area contributed by atoms with Gasteiger partial charge in [0.15, 0.2) is 18.3 Å². The molecule has 2 N–H and O–H groups in total. The molecule has 21 heavy (non-hydrogen) atoms. The normalized spacial score (nSPS) is 32.1. The molecule has 120 valence electrons. The molecule has 8 nitrogen and oxygen atoms in total. The smallest absolute Gasteiger partial charge is 0.303 e. The second kappa shape index (κ2) is 7.37. The van der Waals surface area contributed by atoms with Gasteiger partial charge >= 0.3 is 17.9 Å². The van der Waals surface area contributed by atoms with Crippen LogP contribution in [0.2, 0.25) is 0 Å². The molecule has 0 aromatic heterocycles. The van der Waals surface area contributed by atoms with E-state index in [2.05, 4.69) is 0 Å². The Morgan fingerprint density at radius 2 is 1.33 bits per heavy atom. The maximum absolute atomic E-state index is 11.3. The molecule has 0 aliphatic carbocycles. The van der Waals surface area contributed by atoms with Gasteiger partial charge in [0.2, 0.25) is 0 Å². The SMILES string of the molecule is CCC1O[C@H](N)[C@H](OC(C)=O)C(OC(C)=O)[C@@H]1OC(C)=O. The summed E-state index contributed by atoms with van der Waals surface area (Å²) in [6, 6.07) is 0. The van der Waals surface area contributed by atoms with E-state index < -0.39 is 48.6 Å². The van der Waals surface area contributed by atoms with Crippen LogP contribution in [0.25, 0.3) is 0 Å². The average Bonchev–Trinajstić information content (AvgIpc) is 2.35. The lowest BCUT2D eigenvalue weighted by Crippen LogP contribution is -2.63. The van der Waals surface area contributed by atoms with Gasteiger partial charge in [0.05, 0.1) is 0 Å². The van der Waals surface area contributed by atoms with E-state index in [1.54, 1.807) is 0 Å². The van der Waals surface area contributed by atoms with Gasteiger partial charge in [-0.3, -0.25) is 14.4 Å². The number of rotatable bonds is 4. The van der Waals surface area contributed by atoms with Crippen molar-refractivity contribution in [3.8, 4) is 0 Å². The second-order valence-electron chi connectivity index (χ2n) is 4.77. The summed E-state index contributed by atoms with van der Waals surface area (Å²) < 4.78 is 20.9. The molecule has 0 radical (unpaired) electrons. The summed E-state index contributed by atoms with van der Waals surface area (Å²) in [5.74, 6) is -1.76. The Morgan fingerprint density at radius 1 is 0.905 bits per heavy atom. The van der Waals surface area contributed by atoms with E-state index in [4.69, 9.17) is 24.7 Å². The van der Waals surface area contributed by atoms with Crippen LogP contribution in [0.3, 0.4) is 0 Å². The van der Waals surface area contributed by atoms with Crippen LogP contribution in [0.1, 0.15) is 34.1 Å². The summed E-state index contributed by atoms with van der Waals surface area (Å²) in [4.78, 5) is 33.7. The van der Waals surface area contributed by atoms with Gasteiger partial charge in [0.1, 0.15) is 12.3 Å². The van der Waals surface area contributed by atoms with Crippen molar-refractivity contribution in [2.45, 2.75) is 64.8 Å².